The van der Waals surface area contributed by atoms with Crippen molar-refractivity contribution in [3.05, 3.63) is 65.5 Å². The van der Waals surface area contributed by atoms with Crippen LogP contribution in [-0.2, 0) is 13.0 Å². The predicted molar refractivity (Wildman–Crippen MR) is 135 cm³/mol. The van der Waals surface area contributed by atoms with Crippen LogP contribution in [0.1, 0.15) is 48.7 Å². The number of hydrogen-bond acceptors (Lipinski definition) is 7. The van der Waals surface area contributed by atoms with Crippen molar-refractivity contribution in [2.75, 3.05) is 40.4 Å². The summed E-state index contributed by atoms with van der Waals surface area (Å²) in [6, 6.07) is 17.2. The van der Waals surface area contributed by atoms with E-state index in [2.05, 4.69) is 55.7 Å². The van der Waals surface area contributed by atoms with E-state index in [1.807, 2.05) is 22.9 Å². The van der Waals surface area contributed by atoms with Crippen molar-refractivity contribution in [2.45, 2.75) is 50.7 Å². The van der Waals surface area contributed by atoms with E-state index in [4.69, 9.17) is 9.47 Å². The Morgan fingerprint density at radius 2 is 1.71 bits per heavy atom. The molecular formula is C27H36N6O2. The van der Waals surface area contributed by atoms with Gasteiger partial charge in [0, 0.05) is 50.4 Å². The summed E-state index contributed by atoms with van der Waals surface area (Å²) in [6.07, 6.45) is 6.29. The molecule has 3 aromatic rings. The number of piperazine rings is 1. The number of rotatable bonds is 9. The number of nitrogens with zero attached hydrogens (tertiary/aromatic N) is 6. The second kappa shape index (κ2) is 11.2. The Morgan fingerprint density at radius 1 is 0.943 bits per heavy atom. The molecule has 0 radical (unpaired) electrons. The van der Waals surface area contributed by atoms with Gasteiger partial charge < -0.3 is 9.47 Å². The molecule has 0 amide bonds. The minimum atomic E-state index is -0.0904. The average Bonchev–Trinajstić information content (AvgIpc) is 3.62. The van der Waals surface area contributed by atoms with E-state index in [1.54, 1.807) is 14.2 Å². The maximum absolute atomic E-state index is 5.83. The molecule has 1 saturated heterocycles. The summed E-state index contributed by atoms with van der Waals surface area (Å²) >= 11 is 0. The fourth-order valence-corrected chi connectivity index (χ4v) is 5.62. The lowest BCUT2D eigenvalue weighted by atomic mass is 10.0. The fourth-order valence-electron chi connectivity index (χ4n) is 5.62. The smallest absolute Gasteiger partial charge is 0.173 e. The topological polar surface area (TPSA) is 68.5 Å². The van der Waals surface area contributed by atoms with Gasteiger partial charge in [0.05, 0.1) is 14.2 Å². The molecule has 1 saturated carbocycles. The fraction of sp³-hybridized carbons (Fsp3) is 0.519. The molecule has 35 heavy (non-hydrogen) atoms. The zero-order chi connectivity index (χ0) is 24.0. The van der Waals surface area contributed by atoms with E-state index >= 15 is 0 Å². The lowest BCUT2D eigenvalue weighted by molar-refractivity contribution is 0.0763. The highest BCUT2D eigenvalue weighted by Gasteiger charge is 2.34. The van der Waals surface area contributed by atoms with Gasteiger partial charge in [-0.3, -0.25) is 9.80 Å². The molecule has 186 valence electrons. The molecular weight excluding hydrogens is 440 g/mol. The summed E-state index contributed by atoms with van der Waals surface area (Å²) < 4.78 is 13.3. The molecule has 8 nitrogen and oxygen atoms in total. The number of benzene rings is 2. The van der Waals surface area contributed by atoms with Gasteiger partial charge >= 0.3 is 0 Å². The largest absolute Gasteiger partial charge is 0.497 e. The number of aryl methyl sites for hydroxylation is 2. The molecule has 5 rings (SSSR count). The average molecular weight is 477 g/mol. The number of ether oxygens (including phenoxy) is 2. The standard InChI is InChI=1S/C27H36N6O2/c1-34-23-12-13-24(25(20-23)35-2)26(32-18-16-31(17-19-32)22-10-6-7-11-22)27-28-29-30-33(27)15-14-21-8-4-3-5-9-21/h3-5,8-9,12-13,20,22,26H,6-7,10-11,14-19H2,1-2H3. The molecule has 1 atom stereocenters. The summed E-state index contributed by atoms with van der Waals surface area (Å²) in [7, 11) is 3.39. The molecule has 2 fully saturated rings. The molecule has 2 aliphatic rings. The monoisotopic (exact) mass is 476 g/mol. The molecule has 0 bridgehead atoms. The van der Waals surface area contributed by atoms with Gasteiger partial charge in [0.1, 0.15) is 17.5 Å². The van der Waals surface area contributed by atoms with Crippen LogP contribution >= 0.6 is 0 Å². The van der Waals surface area contributed by atoms with Gasteiger partial charge in [-0.1, -0.05) is 43.2 Å². The van der Waals surface area contributed by atoms with Gasteiger partial charge in [0.15, 0.2) is 5.82 Å². The SMILES string of the molecule is COc1ccc(C(c2nnnn2CCc2ccccc2)N2CCN(C3CCCC3)CC2)c(OC)c1. The lowest BCUT2D eigenvalue weighted by Gasteiger charge is -2.41. The minimum Gasteiger partial charge on any atom is -0.497 e. The van der Waals surface area contributed by atoms with Crippen molar-refractivity contribution < 1.29 is 9.47 Å². The molecule has 1 aliphatic heterocycles. The Kier molecular flexibility index (Phi) is 7.59. The van der Waals surface area contributed by atoms with Crippen LogP contribution < -0.4 is 9.47 Å². The highest BCUT2D eigenvalue weighted by atomic mass is 16.5. The van der Waals surface area contributed by atoms with Crippen LogP contribution in [0.2, 0.25) is 0 Å². The maximum Gasteiger partial charge on any atom is 0.173 e. The second-order valence-electron chi connectivity index (χ2n) is 9.52. The summed E-state index contributed by atoms with van der Waals surface area (Å²) in [5.41, 5.74) is 2.34. The van der Waals surface area contributed by atoms with E-state index in [-0.39, 0.29) is 6.04 Å². The summed E-state index contributed by atoms with van der Waals surface area (Å²) in [6.45, 7) is 4.82. The van der Waals surface area contributed by atoms with Crippen molar-refractivity contribution in [2.24, 2.45) is 0 Å². The van der Waals surface area contributed by atoms with Crippen LogP contribution in [0.15, 0.2) is 48.5 Å². The Hall–Kier alpha value is -2.97. The molecule has 2 heterocycles. The molecule has 0 spiro atoms. The zero-order valence-corrected chi connectivity index (χ0v) is 20.8. The molecule has 8 heteroatoms. The van der Waals surface area contributed by atoms with Crippen molar-refractivity contribution in [3.63, 3.8) is 0 Å². The van der Waals surface area contributed by atoms with Crippen molar-refractivity contribution in [3.8, 4) is 11.5 Å². The number of tetrazole rings is 1. The first-order valence-electron chi connectivity index (χ1n) is 12.8. The van der Waals surface area contributed by atoms with Gasteiger partial charge in [0.2, 0.25) is 0 Å². The van der Waals surface area contributed by atoms with Crippen LogP contribution in [0.25, 0.3) is 0 Å². The second-order valence-corrected chi connectivity index (χ2v) is 9.52. The third-order valence-electron chi connectivity index (χ3n) is 7.55. The first-order chi connectivity index (χ1) is 17.3. The Bertz CT molecular complexity index is 1070. The number of hydrogen-bond donors (Lipinski definition) is 0. The third kappa shape index (κ3) is 5.33. The highest BCUT2D eigenvalue weighted by Crippen LogP contribution is 2.37. The summed E-state index contributed by atoms with van der Waals surface area (Å²) in [4.78, 5) is 5.20. The highest BCUT2D eigenvalue weighted by molar-refractivity contribution is 5.44. The normalized spacial score (nSPS) is 18.6. The molecule has 1 aromatic heterocycles. The van der Waals surface area contributed by atoms with Gasteiger partial charge in [-0.2, -0.15) is 0 Å². The van der Waals surface area contributed by atoms with E-state index in [1.165, 1.54) is 31.2 Å². The summed E-state index contributed by atoms with van der Waals surface area (Å²) in [5.74, 6) is 2.43. The van der Waals surface area contributed by atoms with E-state index in [0.717, 1.165) is 68.1 Å². The molecule has 0 N–H and O–H groups in total. The van der Waals surface area contributed by atoms with Crippen LogP contribution in [-0.4, -0.2) is 76.4 Å². The molecule has 2 aromatic carbocycles. The number of methoxy groups -OCH3 is 2. The van der Waals surface area contributed by atoms with E-state index in [0.29, 0.717) is 0 Å². The van der Waals surface area contributed by atoms with E-state index < -0.39 is 0 Å². The Balaban J connectivity index is 1.43. The first kappa shape index (κ1) is 23.8. The predicted octanol–water partition coefficient (Wildman–Crippen LogP) is 3.58. The third-order valence-corrected chi connectivity index (χ3v) is 7.55. The van der Waals surface area contributed by atoms with Crippen LogP contribution in [0.5, 0.6) is 11.5 Å². The Labute approximate surface area is 207 Å². The van der Waals surface area contributed by atoms with E-state index in [9.17, 15) is 0 Å². The maximum atomic E-state index is 5.83. The van der Waals surface area contributed by atoms with Crippen molar-refractivity contribution in [1.29, 1.82) is 0 Å². The first-order valence-corrected chi connectivity index (χ1v) is 12.8. The summed E-state index contributed by atoms with van der Waals surface area (Å²) in [5, 5.41) is 13.1. The van der Waals surface area contributed by atoms with Crippen molar-refractivity contribution in [1.82, 2.24) is 30.0 Å². The zero-order valence-electron chi connectivity index (χ0n) is 20.8. The lowest BCUT2D eigenvalue weighted by Crippen LogP contribution is -2.51. The minimum absolute atomic E-state index is 0.0904. The molecule has 1 unspecified atom stereocenters. The van der Waals surface area contributed by atoms with Crippen LogP contribution in [0.4, 0.5) is 0 Å². The van der Waals surface area contributed by atoms with Crippen LogP contribution in [0.3, 0.4) is 0 Å². The van der Waals surface area contributed by atoms with Gasteiger partial charge in [-0.05, 0) is 47.4 Å². The van der Waals surface area contributed by atoms with Gasteiger partial charge in [0.25, 0.3) is 0 Å². The van der Waals surface area contributed by atoms with Crippen LogP contribution in [0, 0.1) is 0 Å². The Morgan fingerprint density at radius 3 is 2.43 bits per heavy atom. The van der Waals surface area contributed by atoms with Gasteiger partial charge in [-0.15, -0.1) is 5.10 Å². The van der Waals surface area contributed by atoms with Crippen molar-refractivity contribution >= 4 is 0 Å². The molecule has 1 aliphatic carbocycles. The van der Waals surface area contributed by atoms with Gasteiger partial charge in [-0.25, -0.2) is 4.68 Å². The number of aromatic nitrogens is 4. The quantitative estimate of drug-likeness (QED) is 0.468.